The van der Waals surface area contributed by atoms with E-state index in [0.29, 0.717) is 39.6 Å². The molecule has 1 aromatic rings. The molecule has 0 aliphatic carbocycles. The van der Waals surface area contributed by atoms with E-state index in [-0.39, 0.29) is 23.0 Å². The molecular formula is C22H36O5. The number of ether oxygens (including phenoxy) is 5. The SMILES string of the molecule is CC(C)(C)C1COCCOCCOc2ccccc2OCC(C(C)(C)C)O1. The molecule has 0 saturated heterocycles. The maximum Gasteiger partial charge on any atom is 0.161 e. The molecule has 5 nitrogen and oxygen atoms in total. The van der Waals surface area contributed by atoms with Crippen molar-refractivity contribution in [2.75, 3.05) is 39.6 Å². The van der Waals surface area contributed by atoms with E-state index in [2.05, 4.69) is 41.5 Å². The van der Waals surface area contributed by atoms with Crippen molar-refractivity contribution >= 4 is 0 Å². The van der Waals surface area contributed by atoms with Gasteiger partial charge in [0, 0.05) is 0 Å². The van der Waals surface area contributed by atoms with Crippen LogP contribution in [0, 0.1) is 10.8 Å². The predicted octanol–water partition coefficient (Wildman–Crippen LogP) is 4.34. The van der Waals surface area contributed by atoms with Crippen LogP contribution >= 0.6 is 0 Å². The maximum absolute atomic E-state index is 6.54. The molecule has 0 saturated carbocycles. The molecule has 5 heteroatoms. The lowest BCUT2D eigenvalue weighted by Crippen LogP contribution is -2.44. The lowest BCUT2D eigenvalue weighted by Gasteiger charge is -2.38. The van der Waals surface area contributed by atoms with Crippen LogP contribution in [-0.2, 0) is 14.2 Å². The monoisotopic (exact) mass is 380 g/mol. The molecule has 1 aliphatic rings. The van der Waals surface area contributed by atoms with Gasteiger partial charge < -0.3 is 23.7 Å². The average molecular weight is 381 g/mol. The highest BCUT2D eigenvalue weighted by molar-refractivity contribution is 5.39. The van der Waals surface area contributed by atoms with Crippen molar-refractivity contribution in [2.24, 2.45) is 10.8 Å². The summed E-state index contributed by atoms with van der Waals surface area (Å²) in [6, 6.07) is 7.74. The summed E-state index contributed by atoms with van der Waals surface area (Å²) in [7, 11) is 0. The fourth-order valence-electron chi connectivity index (χ4n) is 2.66. The molecule has 2 atom stereocenters. The predicted molar refractivity (Wildman–Crippen MR) is 107 cm³/mol. The minimum absolute atomic E-state index is 0.0399. The van der Waals surface area contributed by atoms with Crippen LogP contribution < -0.4 is 9.47 Å². The molecule has 1 heterocycles. The third-order valence-electron chi connectivity index (χ3n) is 4.63. The molecule has 0 aromatic heterocycles. The van der Waals surface area contributed by atoms with E-state index < -0.39 is 0 Å². The fraction of sp³-hybridized carbons (Fsp3) is 0.727. The van der Waals surface area contributed by atoms with Crippen LogP contribution in [0.1, 0.15) is 41.5 Å². The van der Waals surface area contributed by atoms with Gasteiger partial charge in [0.05, 0.1) is 38.6 Å². The number of hydrogen-bond acceptors (Lipinski definition) is 5. The first-order chi connectivity index (χ1) is 12.7. The minimum Gasteiger partial charge on any atom is -0.487 e. The van der Waals surface area contributed by atoms with Gasteiger partial charge in [-0.15, -0.1) is 0 Å². The van der Waals surface area contributed by atoms with Crippen LogP contribution in [0.15, 0.2) is 24.3 Å². The van der Waals surface area contributed by atoms with Gasteiger partial charge in [-0.25, -0.2) is 0 Å². The molecular weight excluding hydrogens is 344 g/mol. The molecule has 2 rings (SSSR count). The molecule has 2 unspecified atom stereocenters. The van der Waals surface area contributed by atoms with Crippen molar-refractivity contribution in [3.63, 3.8) is 0 Å². The van der Waals surface area contributed by atoms with Gasteiger partial charge in [0.15, 0.2) is 11.5 Å². The zero-order chi connectivity index (χ0) is 19.9. The number of para-hydroxylation sites is 2. The van der Waals surface area contributed by atoms with E-state index in [9.17, 15) is 0 Å². The Kier molecular flexibility index (Phi) is 7.95. The molecule has 1 aromatic carbocycles. The summed E-state index contributed by atoms with van der Waals surface area (Å²) in [5.41, 5.74) is -0.115. The van der Waals surface area contributed by atoms with Gasteiger partial charge in [-0.05, 0) is 23.0 Å². The Hall–Kier alpha value is -1.30. The Balaban J connectivity index is 2.21. The summed E-state index contributed by atoms with van der Waals surface area (Å²) in [6.07, 6.45) is -0.123. The third-order valence-corrected chi connectivity index (χ3v) is 4.63. The zero-order valence-electron chi connectivity index (χ0n) is 17.7. The van der Waals surface area contributed by atoms with Gasteiger partial charge >= 0.3 is 0 Å². The summed E-state index contributed by atoms with van der Waals surface area (Å²) in [6.45, 7) is 16.1. The smallest absolute Gasteiger partial charge is 0.161 e. The Bertz CT molecular complexity index is 559. The Morgan fingerprint density at radius 1 is 0.667 bits per heavy atom. The number of hydrogen-bond donors (Lipinski definition) is 0. The molecule has 0 fully saturated rings. The van der Waals surface area contributed by atoms with Crippen molar-refractivity contribution < 1.29 is 23.7 Å². The van der Waals surface area contributed by atoms with Crippen LogP contribution in [0.4, 0.5) is 0 Å². The average Bonchev–Trinajstić information content (AvgIpc) is 2.57. The Labute approximate surface area is 164 Å². The molecule has 27 heavy (non-hydrogen) atoms. The number of rotatable bonds is 0. The zero-order valence-corrected chi connectivity index (χ0v) is 17.7. The first-order valence-electron chi connectivity index (χ1n) is 9.83. The van der Waals surface area contributed by atoms with Crippen molar-refractivity contribution in [1.82, 2.24) is 0 Å². The van der Waals surface area contributed by atoms with Gasteiger partial charge in [-0.1, -0.05) is 53.7 Å². The van der Waals surface area contributed by atoms with Crippen LogP contribution in [0.2, 0.25) is 0 Å². The van der Waals surface area contributed by atoms with Crippen LogP contribution in [0.3, 0.4) is 0 Å². The highest BCUT2D eigenvalue weighted by Gasteiger charge is 2.34. The summed E-state index contributed by atoms with van der Waals surface area (Å²) < 4.78 is 29.9. The molecule has 0 bridgehead atoms. The van der Waals surface area contributed by atoms with E-state index in [1.807, 2.05) is 24.3 Å². The normalized spacial score (nSPS) is 23.9. The van der Waals surface area contributed by atoms with Gasteiger partial charge in [0.25, 0.3) is 0 Å². The van der Waals surface area contributed by atoms with Crippen LogP contribution in [0.25, 0.3) is 0 Å². The molecule has 1 aliphatic heterocycles. The third kappa shape index (κ3) is 7.32. The molecule has 154 valence electrons. The second-order valence-electron chi connectivity index (χ2n) is 9.14. The maximum atomic E-state index is 6.54. The standard InChI is InChI=1S/C22H36O5/c1-21(2,3)19-15-24-12-11-23-13-14-25-17-9-7-8-10-18(17)26-16-20(27-19)22(4,5)6/h7-10,19-20H,11-16H2,1-6H3. The number of benzene rings is 1. The first kappa shape index (κ1) is 22.0. The second kappa shape index (κ2) is 9.76. The van der Waals surface area contributed by atoms with E-state index in [0.717, 1.165) is 11.5 Å². The van der Waals surface area contributed by atoms with E-state index >= 15 is 0 Å². The lowest BCUT2D eigenvalue weighted by atomic mass is 9.86. The van der Waals surface area contributed by atoms with Gasteiger partial charge in [-0.3, -0.25) is 0 Å². The van der Waals surface area contributed by atoms with Gasteiger partial charge in [-0.2, -0.15) is 0 Å². The summed E-state index contributed by atoms with van der Waals surface area (Å²) in [5.74, 6) is 1.46. The van der Waals surface area contributed by atoms with Crippen molar-refractivity contribution in [1.29, 1.82) is 0 Å². The summed E-state index contributed by atoms with van der Waals surface area (Å²) in [4.78, 5) is 0. The van der Waals surface area contributed by atoms with E-state index in [1.54, 1.807) is 0 Å². The van der Waals surface area contributed by atoms with Crippen LogP contribution in [0.5, 0.6) is 11.5 Å². The summed E-state index contributed by atoms with van der Waals surface area (Å²) in [5, 5.41) is 0. The molecule has 0 amide bonds. The van der Waals surface area contributed by atoms with E-state index in [4.69, 9.17) is 23.7 Å². The van der Waals surface area contributed by atoms with Crippen molar-refractivity contribution in [2.45, 2.75) is 53.8 Å². The largest absolute Gasteiger partial charge is 0.487 e. The molecule has 0 radical (unpaired) electrons. The topological polar surface area (TPSA) is 46.2 Å². The molecule has 0 N–H and O–H groups in total. The number of fused-ring (bicyclic) bond motifs is 1. The first-order valence-corrected chi connectivity index (χ1v) is 9.83. The quantitative estimate of drug-likeness (QED) is 0.670. The fourth-order valence-corrected chi connectivity index (χ4v) is 2.66. The van der Waals surface area contributed by atoms with Gasteiger partial charge in [0.2, 0.25) is 0 Å². The summed E-state index contributed by atoms with van der Waals surface area (Å²) >= 11 is 0. The van der Waals surface area contributed by atoms with E-state index in [1.165, 1.54) is 0 Å². The second-order valence-corrected chi connectivity index (χ2v) is 9.14. The Morgan fingerprint density at radius 3 is 1.81 bits per heavy atom. The van der Waals surface area contributed by atoms with Crippen LogP contribution in [-0.4, -0.2) is 51.8 Å². The molecule has 0 spiro atoms. The lowest BCUT2D eigenvalue weighted by molar-refractivity contribution is -0.145. The van der Waals surface area contributed by atoms with Crippen molar-refractivity contribution in [3.8, 4) is 11.5 Å². The minimum atomic E-state index is -0.0836. The Morgan fingerprint density at radius 2 is 1.19 bits per heavy atom. The van der Waals surface area contributed by atoms with Gasteiger partial charge in [0.1, 0.15) is 13.2 Å². The van der Waals surface area contributed by atoms with Crippen molar-refractivity contribution in [3.05, 3.63) is 24.3 Å². The highest BCUT2D eigenvalue weighted by Crippen LogP contribution is 2.32. The highest BCUT2D eigenvalue weighted by atomic mass is 16.6.